The van der Waals surface area contributed by atoms with E-state index in [-0.39, 0.29) is 36.5 Å². The van der Waals surface area contributed by atoms with Crippen LogP contribution in [0.4, 0.5) is 0 Å². The summed E-state index contributed by atoms with van der Waals surface area (Å²) in [5.74, 6) is -1.45. The quantitative estimate of drug-likeness (QED) is 0.378. The minimum absolute atomic E-state index is 0.0495. The van der Waals surface area contributed by atoms with Crippen molar-refractivity contribution in [3.05, 3.63) is 0 Å². The monoisotopic (exact) mass is 543 g/mol. The summed E-state index contributed by atoms with van der Waals surface area (Å²) in [6, 6.07) is -0.215. The van der Waals surface area contributed by atoms with Gasteiger partial charge in [-0.1, -0.05) is 13.8 Å². The summed E-state index contributed by atoms with van der Waals surface area (Å²) in [6.07, 6.45) is -1.56. The molecule has 0 spiro atoms. The van der Waals surface area contributed by atoms with Crippen LogP contribution in [0.15, 0.2) is 0 Å². The van der Waals surface area contributed by atoms with E-state index in [0.29, 0.717) is 19.4 Å². The third kappa shape index (κ3) is 7.53. The first kappa shape index (κ1) is 33.1. The molecule has 38 heavy (non-hydrogen) atoms. The Morgan fingerprint density at radius 3 is 2.37 bits per heavy atom. The number of nitrogens with zero attached hydrogens (tertiary/aromatic N) is 2. The van der Waals surface area contributed by atoms with Gasteiger partial charge in [-0.3, -0.25) is 14.5 Å². The highest BCUT2D eigenvalue weighted by Crippen LogP contribution is 2.38. The molecule has 10 nitrogen and oxygen atoms in total. The Balaban J connectivity index is 2.52. The van der Waals surface area contributed by atoms with Crippen LogP contribution < -0.4 is 5.32 Å². The van der Waals surface area contributed by atoms with Crippen LogP contribution in [0.2, 0.25) is 0 Å². The maximum Gasteiger partial charge on any atom is 0.319 e. The number of carbonyl (C=O) groups is 2. The molecule has 0 aliphatic carbocycles. The van der Waals surface area contributed by atoms with Crippen LogP contribution in [-0.2, 0) is 28.5 Å². The minimum Gasteiger partial charge on any atom is -0.463 e. The zero-order chi connectivity index (χ0) is 29.0. The Labute approximate surface area is 229 Å². The van der Waals surface area contributed by atoms with Gasteiger partial charge in [-0.25, -0.2) is 0 Å². The van der Waals surface area contributed by atoms with Crippen LogP contribution in [0.1, 0.15) is 54.4 Å². The molecule has 0 amide bonds. The van der Waals surface area contributed by atoms with E-state index >= 15 is 0 Å². The molecule has 2 rings (SSSR count). The molecular weight excluding hydrogens is 490 g/mol. The molecule has 0 saturated carbocycles. The van der Waals surface area contributed by atoms with Crippen molar-refractivity contribution < 1.29 is 33.6 Å². The third-order valence-electron chi connectivity index (χ3n) is 8.44. The van der Waals surface area contributed by atoms with Crippen molar-refractivity contribution in [2.24, 2.45) is 17.3 Å². The van der Waals surface area contributed by atoms with Crippen LogP contribution in [-0.4, -0.2) is 124 Å². The predicted octanol–water partition coefficient (Wildman–Crippen LogP) is 1.54. The van der Waals surface area contributed by atoms with Crippen molar-refractivity contribution in [3.8, 4) is 0 Å². The lowest BCUT2D eigenvalue weighted by molar-refractivity contribution is -0.295. The van der Waals surface area contributed by atoms with Crippen molar-refractivity contribution in [3.63, 3.8) is 0 Å². The molecule has 2 heterocycles. The van der Waals surface area contributed by atoms with E-state index in [1.165, 1.54) is 0 Å². The average Bonchev–Trinajstić information content (AvgIpc) is 2.84. The van der Waals surface area contributed by atoms with Gasteiger partial charge in [-0.2, -0.15) is 0 Å². The molecule has 2 saturated heterocycles. The summed E-state index contributed by atoms with van der Waals surface area (Å²) in [5.41, 5.74) is -2.30. The number of ketones is 1. The molecule has 0 radical (unpaired) electrons. The number of ether oxygens (including phenoxy) is 4. The zero-order valence-electron chi connectivity index (χ0n) is 25.4. The van der Waals surface area contributed by atoms with Gasteiger partial charge in [-0.05, 0) is 74.6 Å². The van der Waals surface area contributed by atoms with Crippen LogP contribution in [0, 0.1) is 17.3 Å². The van der Waals surface area contributed by atoms with Gasteiger partial charge < -0.3 is 34.3 Å². The van der Waals surface area contributed by atoms with E-state index in [0.717, 1.165) is 6.54 Å². The standard InChI is InChI=1S/C28H53N3O7/c1-17-13-28(6,35-11)24(38-25-22(32)21(30(8)9)12-18(2)37-25)19(3)23(33)27(4,5)26(34)36-16-20(14-29-7)31(10)15-17/h17-22,24-25,29,32H,12-16H2,1-11H3/t17-,18-,19+,20+,21+,22-,24-,25+,28-/m1/s1. The van der Waals surface area contributed by atoms with Crippen molar-refractivity contribution in [1.29, 1.82) is 0 Å². The molecule has 10 heteroatoms. The number of methoxy groups -OCH3 is 1. The highest BCUT2D eigenvalue weighted by Gasteiger charge is 2.51. The van der Waals surface area contributed by atoms with E-state index < -0.39 is 41.4 Å². The van der Waals surface area contributed by atoms with E-state index in [4.69, 9.17) is 18.9 Å². The first-order valence-electron chi connectivity index (χ1n) is 13.9. The minimum atomic E-state index is -1.40. The maximum atomic E-state index is 13.9. The number of hydrogen-bond donors (Lipinski definition) is 2. The number of hydrogen-bond acceptors (Lipinski definition) is 10. The third-order valence-corrected chi connectivity index (χ3v) is 8.44. The number of likely N-dealkylation sites (N-methyl/N-ethyl adjacent to an activating group) is 3. The predicted molar refractivity (Wildman–Crippen MR) is 146 cm³/mol. The van der Waals surface area contributed by atoms with E-state index in [1.54, 1.807) is 27.9 Å². The van der Waals surface area contributed by atoms with Crippen molar-refractivity contribution in [1.82, 2.24) is 15.1 Å². The molecule has 9 atom stereocenters. The number of esters is 1. The van der Waals surface area contributed by atoms with Gasteiger partial charge in [0.25, 0.3) is 0 Å². The van der Waals surface area contributed by atoms with Crippen LogP contribution >= 0.6 is 0 Å². The fraction of sp³-hybridized carbons (Fsp3) is 0.929. The highest BCUT2D eigenvalue weighted by atomic mass is 16.7. The first-order valence-corrected chi connectivity index (χ1v) is 13.9. The molecular formula is C28H53N3O7. The van der Waals surface area contributed by atoms with Crippen LogP contribution in [0.25, 0.3) is 0 Å². The van der Waals surface area contributed by atoms with Gasteiger partial charge in [0, 0.05) is 32.2 Å². The normalized spacial score (nSPS) is 40.2. The molecule has 2 N–H and O–H groups in total. The number of carbonyl (C=O) groups excluding carboxylic acids is 2. The second-order valence-electron chi connectivity index (χ2n) is 12.5. The van der Waals surface area contributed by atoms with Crippen molar-refractivity contribution in [2.75, 3.05) is 55.0 Å². The van der Waals surface area contributed by atoms with Crippen molar-refractivity contribution >= 4 is 11.8 Å². The Kier molecular flexibility index (Phi) is 11.7. The number of rotatable bonds is 6. The van der Waals surface area contributed by atoms with E-state index in [9.17, 15) is 14.7 Å². The molecule has 0 aromatic rings. The topological polar surface area (TPSA) is 110 Å². The Morgan fingerprint density at radius 2 is 1.82 bits per heavy atom. The van der Waals surface area contributed by atoms with Crippen LogP contribution in [0.3, 0.4) is 0 Å². The number of aliphatic hydroxyl groups is 1. The molecule has 0 aromatic carbocycles. The summed E-state index contributed by atoms with van der Waals surface area (Å²) in [4.78, 5) is 31.3. The second-order valence-corrected chi connectivity index (χ2v) is 12.5. The average molecular weight is 544 g/mol. The summed E-state index contributed by atoms with van der Waals surface area (Å²) in [5, 5.41) is 14.4. The Morgan fingerprint density at radius 1 is 1.18 bits per heavy atom. The molecule has 2 aliphatic heterocycles. The second kappa shape index (κ2) is 13.5. The lowest BCUT2D eigenvalue weighted by atomic mass is 9.74. The van der Waals surface area contributed by atoms with Crippen LogP contribution in [0.5, 0.6) is 0 Å². The molecule has 222 valence electrons. The Hall–Kier alpha value is -1.14. The molecule has 0 aromatic heterocycles. The fourth-order valence-electron chi connectivity index (χ4n) is 6.04. The number of aliphatic hydroxyl groups excluding tert-OH is 1. The SMILES string of the molecule is CNC[C@H]1COC(=O)C(C)(C)C(=O)[C@H](C)[C@@H](O[C@@H]2O[C@H](C)C[C@H](N(C)C)[C@H]2O)[C@](C)(OC)C[C@@H](C)CN1C. The summed E-state index contributed by atoms with van der Waals surface area (Å²) in [7, 11) is 9.33. The highest BCUT2D eigenvalue weighted by molar-refractivity contribution is 6.04. The fourth-order valence-corrected chi connectivity index (χ4v) is 6.04. The molecule has 2 fully saturated rings. The summed E-state index contributed by atoms with van der Waals surface area (Å²) in [6.45, 7) is 12.5. The molecule has 2 aliphatic rings. The smallest absolute Gasteiger partial charge is 0.319 e. The van der Waals surface area contributed by atoms with Gasteiger partial charge in [0.05, 0.1) is 23.9 Å². The first-order chi connectivity index (χ1) is 17.6. The number of Topliss-reactive ketones (excluding diaryl/α,β-unsaturated/α-hetero) is 1. The largest absolute Gasteiger partial charge is 0.463 e. The maximum absolute atomic E-state index is 13.9. The zero-order valence-corrected chi connectivity index (χ0v) is 25.4. The van der Waals surface area contributed by atoms with Gasteiger partial charge >= 0.3 is 5.97 Å². The van der Waals surface area contributed by atoms with Gasteiger partial charge in [0.2, 0.25) is 0 Å². The van der Waals surface area contributed by atoms with E-state index in [1.807, 2.05) is 46.9 Å². The molecule has 0 bridgehead atoms. The lowest BCUT2D eigenvalue weighted by Gasteiger charge is -2.47. The number of cyclic esters (lactones) is 1. The van der Waals surface area contributed by atoms with Gasteiger partial charge in [0.15, 0.2) is 12.1 Å². The Bertz CT molecular complexity index is 794. The van der Waals surface area contributed by atoms with Gasteiger partial charge in [-0.15, -0.1) is 0 Å². The number of nitrogens with one attached hydrogen (secondary N) is 1. The lowest BCUT2D eigenvalue weighted by Crippen LogP contribution is -2.59. The summed E-state index contributed by atoms with van der Waals surface area (Å²) < 4.78 is 24.5. The van der Waals surface area contributed by atoms with Crippen molar-refractivity contribution in [2.45, 2.75) is 96.7 Å². The van der Waals surface area contributed by atoms with E-state index in [2.05, 4.69) is 17.1 Å². The molecule has 0 unspecified atom stereocenters. The van der Waals surface area contributed by atoms with Gasteiger partial charge in [0.1, 0.15) is 18.1 Å². The summed E-state index contributed by atoms with van der Waals surface area (Å²) >= 11 is 0.